The standard InChI is InChI=1S/C17H15F3N4/c18-17(19,20)14-10-15(23-12-22-14)24-8-6-16(11-21,7-9-24)13-4-2-1-3-5-13/h1-5,10,12H,6-9H2. The van der Waals surface area contributed by atoms with Gasteiger partial charge in [0.05, 0.1) is 11.5 Å². The summed E-state index contributed by atoms with van der Waals surface area (Å²) in [4.78, 5) is 9.01. The average Bonchev–Trinajstić information content (AvgIpc) is 2.62. The maximum absolute atomic E-state index is 12.8. The number of nitrogens with zero attached hydrogens (tertiary/aromatic N) is 4. The second-order valence-corrected chi connectivity index (χ2v) is 5.81. The SMILES string of the molecule is N#CC1(c2ccccc2)CCN(c2cc(C(F)(F)F)ncn2)CC1. The lowest BCUT2D eigenvalue weighted by Crippen LogP contribution is -2.42. The molecule has 0 N–H and O–H groups in total. The maximum Gasteiger partial charge on any atom is 0.433 e. The van der Waals surface area contributed by atoms with Crippen molar-refractivity contribution in [2.24, 2.45) is 0 Å². The first-order valence-electron chi connectivity index (χ1n) is 7.56. The third-order valence-electron chi connectivity index (χ3n) is 4.42. The van der Waals surface area contributed by atoms with Crippen molar-refractivity contribution in [2.45, 2.75) is 24.4 Å². The van der Waals surface area contributed by atoms with Gasteiger partial charge in [-0.25, -0.2) is 9.97 Å². The van der Waals surface area contributed by atoms with Crippen LogP contribution in [-0.4, -0.2) is 23.1 Å². The third-order valence-corrected chi connectivity index (χ3v) is 4.42. The molecule has 0 saturated carbocycles. The number of piperidine rings is 1. The molecule has 0 spiro atoms. The van der Waals surface area contributed by atoms with Crippen LogP contribution < -0.4 is 4.90 Å². The summed E-state index contributed by atoms with van der Waals surface area (Å²) in [6.45, 7) is 0.938. The van der Waals surface area contributed by atoms with Crippen molar-refractivity contribution in [1.29, 1.82) is 5.26 Å². The molecule has 24 heavy (non-hydrogen) atoms. The molecule has 2 aromatic rings. The van der Waals surface area contributed by atoms with Crippen LogP contribution in [0.5, 0.6) is 0 Å². The molecule has 0 amide bonds. The van der Waals surface area contributed by atoms with Gasteiger partial charge in [-0.15, -0.1) is 0 Å². The molecule has 1 saturated heterocycles. The molecule has 124 valence electrons. The van der Waals surface area contributed by atoms with E-state index >= 15 is 0 Å². The summed E-state index contributed by atoms with van der Waals surface area (Å²) in [5, 5.41) is 9.66. The van der Waals surface area contributed by atoms with Gasteiger partial charge in [-0.05, 0) is 18.4 Å². The van der Waals surface area contributed by atoms with Gasteiger partial charge in [-0.2, -0.15) is 18.4 Å². The van der Waals surface area contributed by atoms with Gasteiger partial charge >= 0.3 is 6.18 Å². The Morgan fingerprint density at radius 2 is 1.75 bits per heavy atom. The fourth-order valence-electron chi connectivity index (χ4n) is 3.01. The number of anilines is 1. The predicted octanol–water partition coefficient (Wildman–Crippen LogP) is 3.56. The Balaban J connectivity index is 1.79. The average molecular weight is 332 g/mol. The Morgan fingerprint density at radius 1 is 1.08 bits per heavy atom. The van der Waals surface area contributed by atoms with E-state index in [0.29, 0.717) is 25.9 Å². The zero-order valence-electron chi connectivity index (χ0n) is 12.8. The number of rotatable bonds is 2. The highest BCUT2D eigenvalue weighted by Gasteiger charge is 2.38. The molecule has 0 unspecified atom stereocenters. The maximum atomic E-state index is 12.8. The minimum Gasteiger partial charge on any atom is -0.356 e. The van der Waals surface area contributed by atoms with Crippen molar-refractivity contribution >= 4 is 5.82 Å². The lowest BCUT2D eigenvalue weighted by Gasteiger charge is -2.38. The number of hydrogen-bond acceptors (Lipinski definition) is 4. The minimum atomic E-state index is -4.49. The van der Waals surface area contributed by atoms with Crippen LogP contribution in [0.1, 0.15) is 24.1 Å². The lowest BCUT2D eigenvalue weighted by molar-refractivity contribution is -0.141. The molecule has 4 nitrogen and oxygen atoms in total. The Morgan fingerprint density at radius 3 is 2.33 bits per heavy atom. The molecule has 1 aliphatic heterocycles. The monoisotopic (exact) mass is 332 g/mol. The highest BCUT2D eigenvalue weighted by Crippen LogP contribution is 2.36. The second kappa shape index (κ2) is 6.11. The van der Waals surface area contributed by atoms with Gasteiger partial charge in [0.1, 0.15) is 17.8 Å². The van der Waals surface area contributed by atoms with E-state index in [1.54, 1.807) is 4.90 Å². The van der Waals surface area contributed by atoms with Gasteiger partial charge in [-0.1, -0.05) is 30.3 Å². The topological polar surface area (TPSA) is 52.8 Å². The van der Waals surface area contributed by atoms with Crippen LogP contribution in [0.3, 0.4) is 0 Å². The van der Waals surface area contributed by atoms with E-state index in [9.17, 15) is 18.4 Å². The summed E-state index contributed by atoms with van der Waals surface area (Å²) in [5.74, 6) is 0.247. The van der Waals surface area contributed by atoms with Crippen molar-refractivity contribution in [3.63, 3.8) is 0 Å². The van der Waals surface area contributed by atoms with Gasteiger partial charge in [0.25, 0.3) is 0 Å². The van der Waals surface area contributed by atoms with E-state index in [1.807, 2.05) is 30.3 Å². The molecule has 1 aliphatic rings. The van der Waals surface area contributed by atoms with Crippen molar-refractivity contribution in [2.75, 3.05) is 18.0 Å². The number of halogens is 3. The molecular weight excluding hydrogens is 317 g/mol. The minimum absolute atomic E-state index is 0.247. The lowest BCUT2D eigenvalue weighted by atomic mass is 9.74. The molecule has 2 heterocycles. The van der Waals surface area contributed by atoms with Crippen molar-refractivity contribution in [1.82, 2.24) is 9.97 Å². The van der Waals surface area contributed by atoms with Gasteiger partial charge in [-0.3, -0.25) is 0 Å². The quantitative estimate of drug-likeness (QED) is 0.844. The van der Waals surface area contributed by atoms with Gasteiger partial charge < -0.3 is 4.90 Å². The van der Waals surface area contributed by atoms with Crippen LogP contribution in [-0.2, 0) is 11.6 Å². The van der Waals surface area contributed by atoms with Gasteiger partial charge in [0, 0.05) is 19.2 Å². The number of alkyl halides is 3. The number of benzene rings is 1. The van der Waals surface area contributed by atoms with Crippen LogP contribution in [0.4, 0.5) is 19.0 Å². The Labute approximate surface area is 137 Å². The molecule has 0 atom stereocenters. The molecular formula is C17H15F3N4. The molecule has 3 rings (SSSR count). The summed E-state index contributed by atoms with van der Waals surface area (Å²) in [6.07, 6.45) is -2.48. The summed E-state index contributed by atoms with van der Waals surface area (Å²) in [7, 11) is 0. The third kappa shape index (κ3) is 3.04. The predicted molar refractivity (Wildman–Crippen MR) is 82.2 cm³/mol. The van der Waals surface area contributed by atoms with E-state index in [0.717, 1.165) is 18.0 Å². The number of aromatic nitrogens is 2. The molecule has 7 heteroatoms. The normalized spacial score (nSPS) is 17.3. The summed E-state index contributed by atoms with van der Waals surface area (Å²) in [5.41, 5.74) is -0.601. The zero-order valence-corrected chi connectivity index (χ0v) is 12.8. The van der Waals surface area contributed by atoms with E-state index < -0.39 is 17.3 Å². The first-order valence-corrected chi connectivity index (χ1v) is 7.56. The second-order valence-electron chi connectivity index (χ2n) is 5.81. The fraction of sp³-hybridized carbons (Fsp3) is 0.353. The van der Waals surface area contributed by atoms with Crippen LogP contribution in [0.2, 0.25) is 0 Å². The molecule has 0 radical (unpaired) electrons. The first-order chi connectivity index (χ1) is 11.4. The van der Waals surface area contributed by atoms with Crippen LogP contribution >= 0.6 is 0 Å². The van der Waals surface area contributed by atoms with E-state index in [1.165, 1.54) is 0 Å². The number of nitriles is 1. The fourth-order valence-corrected chi connectivity index (χ4v) is 3.01. The highest BCUT2D eigenvalue weighted by atomic mass is 19.4. The summed E-state index contributed by atoms with van der Waals surface area (Å²) < 4.78 is 38.3. The first kappa shape index (κ1) is 16.2. The van der Waals surface area contributed by atoms with E-state index in [4.69, 9.17) is 0 Å². The summed E-state index contributed by atoms with van der Waals surface area (Å²) >= 11 is 0. The Hall–Kier alpha value is -2.62. The van der Waals surface area contributed by atoms with Gasteiger partial charge in [0.15, 0.2) is 0 Å². The van der Waals surface area contributed by atoms with Crippen molar-refractivity contribution in [3.8, 4) is 6.07 Å². The van der Waals surface area contributed by atoms with Crippen molar-refractivity contribution < 1.29 is 13.2 Å². The van der Waals surface area contributed by atoms with Crippen molar-refractivity contribution in [3.05, 3.63) is 54.0 Å². The zero-order chi connectivity index (χ0) is 17.2. The Bertz CT molecular complexity index is 744. The van der Waals surface area contributed by atoms with E-state index in [2.05, 4.69) is 16.0 Å². The number of hydrogen-bond donors (Lipinski definition) is 0. The smallest absolute Gasteiger partial charge is 0.356 e. The van der Waals surface area contributed by atoms with Crippen LogP contribution in [0.25, 0.3) is 0 Å². The molecule has 1 aromatic carbocycles. The Kier molecular flexibility index (Phi) is 4.14. The van der Waals surface area contributed by atoms with Crippen LogP contribution in [0, 0.1) is 11.3 Å². The van der Waals surface area contributed by atoms with Crippen LogP contribution in [0.15, 0.2) is 42.7 Å². The molecule has 0 aliphatic carbocycles. The largest absolute Gasteiger partial charge is 0.433 e. The summed E-state index contributed by atoms with van der Waals surface area (Å²) in [6, 6.07) is 12.9. The molecule has 0 bridgehead atoms. The van der Waals surface area contributed by atoms with Gasteiger partial charge in [0.2, 0.25) is 0 Å². The molecule has 1 fully saturated rings. The molecule has 1 aromatic heterocycles. The highest BCUT2D eigenvalue weighted by molar-refractivity contribution is 5.43. The van der Waals surface area contributed by atoms with E-state index in [-0.39, 0.29) is 5.82 Å².